The van der Waals surface area contributed by atoms with E-state index in [1.165, 1.54) is 122 Å². The quantitative estimate of drug-likeness (QED) is 0.111. The highest BCUT2D eigenvalue weighted by atomic mass is 16.4. The van der Waals surface area contributed by atoms with Crippen LogP contribution in [0.2, 0.25) is 0 Å². The molecular formula is C30H58O2. The maximum atomic E-state index is 11.8. The number of hydrogen-bond donors (Lipinski definition) is 1. The van der Waals surface area contributed by atoms with Crippen molar-refractivity contribution in [1.29, 1.82) is 0 Å². The van der Waals surface area contributed by atoms with Gasteiger partial charge in [-0.2, -0.15) is 0 Å². The van der Waals surface area contributed by atoms with Crippen LogP contribution in [0.4, 0.5) is 0 Å². The number of allylic oxidation sites excluding steroid dienone is 2. The summed E-state index contributed by atoms with van der Waals surface area (Å²) in [5, 5.41) is 9.75. The minimum Gasteiger partial charge on any atom is -0.481 e. The second kappa shape index (κ2) is 24.8. The van der Waals surface area contributed by atoms with Crippen LogP contribution in [0.25, 0.3) is 0 Å². The van der Waals surface area contributed by atoms with E-state index in [9.17, 15) is 9.90 Å². The zero-order valence-electron chi connectivity index (χ0n) is 22.2. The first kappa shape index (κ1) is 31.2. The Labute approximate surface area is 202 Å². The van der Waals surface area contributed by atoms with Gasteiger partial charge in [-0.1, -0.05) is 136 Å². The molecule has 0 amide bonds. The van der Waals surface area contributed by atoms with Gasteiger partial charge in [0.2, 0.25) is 0 Å². The summed E-state index contributed by atoms with van der Waals surface area (Å²) < 4.78 is 0. The number of hydrogen-bond acceptors (Lipinski definition) is 1. The molecule has 0 saturated carbocycles. The Morgan fingerprint density at radius 1 is 0.594 bits per heavy atom. The molecule has 32 heavy (non-hydrogen) atoms. The zero-order valence-corrected chi connectivity index (χ0v) is 22.2. The van der Waals surface area contributed by atoms with E-state index in [4.69, 9.17) is 0 Å². The van der Waals surface area contributed by atoms with E-state index in [2.05, 4.69) is 32.9 Å². The fraction of sp³-hybridized carbons (Fsp3) is 0.900. The van der Waals surface area contributed by atoms with E-state index in [0.29, 0.717) is 5.92 Å². The lowest BCUT2D eigenvalue weighted by Gasteiger charge is -2.21. The summed E-state index contributed by atoms with van der Waals surface area (Å²) in [6.07, 6.45) is 32.0. The largest absolute Gasteiger partial charge is 0.481 e. The van der Waals surface area contributed by atoms with Gasteiger partial charge in [0, 0.05) is 0 Å². The third-order valence-electron chi connectivity index (χ3n) is 6.96. The summed E-state index contributed by atoms with van der Waals surface area (Å²) in [6.45, 7) is 6.77. The van der Waals surface area contributed by atoms with E-state index in [1.54, 1.807) is 0 Å². The van der Waals surface area contributed by atoms with Crippen LogP contribution in [0.15, 0.2) is 12.2 Å². The van der Waals surface area contributed by atoms with Gasteiger partial charge < -0.3 is 5.11 Å². The highest BCUT2D eigenvalue weighted by molar-refractivity contribution is 5.69. The first-order valence-corrected chi connectivity index (χ1v) is 14.5. The molecule has 0 bridgehead atoms. The average Bonchev–Trinajstić information content (AvgIpc) is 2.78. The minimum absolute atomic E-state index is 0.125. The Bertz CT molecular complexity index is 415. The molecule has 2 unspecified atom stereocenters. The second-order valence-electron chi connectivity index (χ2n) is 10.1. The number of carboxylic acids is 1. The number of unbranched alkanes of at least 4 members (excludes halogenated alkanes) is 14. The van der Waals surface area contributed by atoms with Crippen molar-refractivity contribution in [3.05, 3.63) is 12.2 Å². The van der Waals surface area contributed by atoms with Crippen LogP contribution in [0.1, 0.15) is 162 Å². The second-order valence-corrected chi connectivity index (χ2v) is 10.1. The first-order chi connectivity index (χ1) is 15.7. The van der Waals surface area contributed by atoms with Crippen molar-refractivity contribution in [2.75, 3.05) is 0 Å². The molecule has 190 valence electrons. The van der Waals surface area contributed by atoms with Gasteiger partial charge in [-0.15, -0.1) is 0 Å². The Kier molecular flexibility index (Phi) is 24.2. The van der Waals surface area contributed by atoms with E-state index in [-0.39, 0.29) is 5.92 Å². The van der Waals surface area contributed by atoms with Crippen molar-refractivity contribution in [3.8, 4) is 0 Å². The molecule has 0 heterocycles. The molecule has 2 atom stereocenters. The van der Waals surface area contributed by atoms with Crippen LogP contribution in [-0.4, -0.2) is 11.1 Å². The summed E-state index contributed by atoms with van der Waals surface area (Å²) in [5.41, 5.74) is 0. The maximum absolute atomic E-state index is 11.8. The number of aliphatic carboxylic acids is 1. The van der Waals surface area contributed by atoms with Gasteiger partial charge in [-0.3, -0.25) is 4.79 Å². The Morgan fingerprint density at radius 2 is 1.03 bits per heavy atom. The standard InChI is InChI=1S/C30H58O2/c1-4-7-10-12-13-14-15-16-17-18-19-20-21-23-26-29(30(31)32)27-28(24-9-6-3)25-22-11-8-5-2/h16-17,28-29H,4-15,18-27H2,1-3H3,(H,31,32)/b17-16-. The molecule has 2 heteroatoms. The summed E-state index contributed by atoms with van der Waals surface area (Å²) in [4.78, 5) is 11.8. The van der Waals surface area contributed by atoms with Crippen LogP contribution >= 0.6 is 0 Å². The summed E-state index contributed by atoms with van der Waals surface area (Å²) in [6, 6.07) is 0. The zero-order chi connectivity index (χ0) is 23.7. The topological polar surface area (TPSA) is 37.3 Å². The highest BCUT2D eigenvalue weighted by Crippen LogP contribution is 2.27. The molecule has 1 N–H and O–H groups in total. The molecule has 0 aliphatic heterocycles. The predicted molar refractivity (Wildman–Crippen MR) is 142 cm³/mol. The van der Waals surface area contributed by atoms with Gasteiger partial charge in [0.1, 0.15) is 0 Å². The fourth-order valence-electron chi connectivity index (χ4n) is 4.76. The summed E-state index contributed by atoms with van der Waals surface area (Å²) >= 11 is 0. The van der Waals surface area contributed by atoms with E-state index < -0.39 is 5.97 Å². The Balaban J connectivity index is 3.91. The van der Waals surface area contributed by atoms with Crippen molar-refractivity contribution in [3.63, 3.8) is 0 Å². The molecular weight excluding hydrogens is 392 g/mol. The molecule has 0 aromatic carbocycles. The lowest BCUT2D eigenvalue weighted by Crippen LogP contribution is -2.18. The van der Waals surface area contributed by atoms with Crippen molar-refractivity contribution < 1.29 is 9.90 Å². The smallest absolute Gasteiger partial charge is 0.306 e. The summed E-state index contributed by atoms with van der Waals surface area (Å²) in [7, 11) is 0. The lowest BCUT2D eigenvalue weighted by molar-refractivity contribution is -0.142. The molecule has 0 spiro atoms. The molecule has 0 saturated heterocycles. The predicted octanol–water partition coefficient (Wildman–Crippen LogP) is 10.5. The third-order valence-corrected chi connectivity index (χ3v) is 6.96. The normalized spacial score (nSPS) is 13.6. The fourth-order valence-corrected chi connectivity index (χ4v) is 4.76. The Morgan fingerprint density at radius 3 is 1.59 bits per heavy atom. The molecule has 0 aliphatic rings. The van der Waals surface area contributed by atoms with Gasteiger partial charge in [0.05, 0.1) is 5.92 Å². The van der Waals surface area contributed by atoms with Crippen molar-refractivity contribution >= 4 is 5.97 Å². The van der Waals surface area contributed by atoms with Gasteiger partial charge >= 0.3 is 5.97 Å². The monoisotopic (exact) mass is 450 g/mol. The molecule has 0 radical (unpaired) electrons. The van der Waals surface area contributed by atoms with Gasteiger partial charge in [-0.25, -0.2) is 0 Å². The highest BCUT2D eigenvalue weighted by Gasteiger charge is 2.21. The molecule has 0 fully saturated rings. The van der Waals surface area contributed by atoms with E-state index >= 15 is 0 Å². The van der Waals surface area contributed by atoms with E-state index in [0.717, 1.165) is 19.3 Å². The summed E-state index contributed by atoms with van der Waals surface area (Å²) in [5.74, 6) is -0.0670. The molecule has 0 aromatic rings. The molecule has 0 rings (SSSR count). The van der Waals surface area contributed by atoms with Crippen LogP contribution in [0.3, 0.4) is 0 Å². The third kappa shape index (κ3) is 21.1. The minimum atomic E-state index is -0.558. The van der Waals surface area contributed by atoms with Crippen molar-refractivity contribution in [1.82, 2.24) is 0 Å². The van der Waals surface area contributed by atoms with Crippen molar-refractivity contribution in [2.24, 2.45) is 11.8 Å². The first-order valence-electron chi connectivity index (χ1n) is 14.5. The maximum Gasteiger partial charge on any atom is 0.306 e. The van der Waals surface area contributed by atoms with Crippen LogP contribution in [-0.2, 0) is 4.79 Å². The van der Waals surface area contributed by atoms with Gasteiger partial charge in [-0.05, 0) is 44.4 Å². The van der Waals surface area contributed by atoms with Crippen LogP contribution < -0.4 is 0 Å². The van der Waals surface area contributed by atoms with Crippen LogP contribution in [0.5, 0.6) is 0 Å². The lowest BCUT2D eigenvalue weighted by atomic mass is 9.84. The van der Waals surface area contributed by atoms with Gasteiger partial charge in [0.15, 0.2) is 0 Å². The van der Waals surface area contributed by atoms with Crippen LogP contribution in [0, 0.1) is 11.8 Å². The number of rotatable bonds is 25. The van der Waals surface area contributed by atoms with Gasteiger partial charge in [0.25, 0.3) is 0 Å². The molecule has 2 nitrogen and oxygen atoms in total. The molecule has 0 aliphatic carbocycles. The average molecular weight is 451 g/mol. The number of carboxylic acid groups (broad SMARTS) is 1. The number of carbonyl (C=O) groups is 1. The molecule has 0 aromatic heterocycles. The van der Waals surface area contributed by atoms with Crippen molar-refractivity contribution in [2.45, 2.75) is 162 Å². The van der Waals surface area contributed by atoms with E-state index in [1.807, 2.05) is 0 Å². The SMILES string of the molecule is CCCCCCCC/C=C\CCCCCCC(CC(CCCC)CCCCCC)C(=O)O. The Hall–Kier alpha value is -0.790.